The van der Waals surface area contributed by atoms with Crippen molar-refractivity contribution in [3.63, 3.8) is 0 Å². The van der Waals surface area contributed by atoms with Crippen LogP contribution in [0, 0.1) is 23.2 Å². The lowest BCUT2D eigenvalue weighted by Crippen LogP contribution is -2.42. The molecule has 5 rings (SSSR count). The Hall–Kier alpha value is -2.21. The number of hydrogen-bond donors (Lipinski definition) is 2. The fourth-order valence-corrected chi connectivity index (χ4v) is 7.28. The summed E-state index contributed by atoms with van der Waals surface area (Å²) in [5.41, 5.74) is 3.38. The summed E-state index contributed by atoms with van der Waals surface area (Å²) >= 11 is 1.40. The van der Waals surface area contributed by atoms with Gasteiger partial charge < -0.3 is 10.4 Å². The van der Waals surface area contributed by atoms with Crippen LogP contribution >= 0.6 is 11.3 Å². The van der Waals surface area contributed by atoms with E-state index in [0.29, 0.717) is 28.6 Å². The van der Waals surface area contributed by atoms with E-state index in [2.05, 4.69) is 30.2 Å². The van der Waals surface area contributed by atoms with Crippen LogP contribution in [0.1, 0.15) is 68.6 Å². The van der Waals surface area contributed by atoms with Gasteiger partial charge in [0.25, 0.3) is 0 Å². The number of aryl methyl sites for hydroxylation is 2. The van der Waals surface area contributed by atoms with E-state index in [-0.39, 0.29) is 29.4 Å². The predicted molar refractivity (Wildman–Crippen MR) is 121 cm³/mol. The van der Waals surface area contributed by atoms with Crippen LogP contribution in [0.15, 0.2) is 23.7 Å². The van der Waals surface area contributed by atoms with Crippen molar-refractivity contribution >= 4 is 28.2 Å². The number of aromatic hydroxyl groups is 1. The number of nitrogens with one attached hydrogen (secondary N) is 1. The molecule has 2 aromatic rings. The zero-order chi connectivity index (χ0) is 21.8. The quantitative estimate of drug-likeness (QED) is 0.697. The molecule has 1 aromatic carbocycles. The molecule has 3 aliphatic carbocycles. The first kappa shape index (κ1) is 20.7. The molecule has 6 heteroatoms. The molecule has 2 saturated carbocycles. The Labute approximate surface area is 187 Å². The van der Waals surface area contributed by atoms with Crippen LogP contribution in [0.5, 0.6) is 5.75 Å². The number of carbonyl (C=O) groups excluding carboxylic acids is 2. The number of anilines is 1. The second-order valence-electron chi connectivity index (χ2n) is 9.79. The average Bonchev–Trinajstić information content (AvgIpc) is 3.34. The molecule has 0 saturated heterocycles. The van der Waals surface area contributed by atoms with E-state index in [9.17, 15) is 14.7 Å². The third-order valence-corrected chi connectivity index (χ3v) is 8.97. The summed E-state index contributed by atoms with van der Waals surface area (Å²) in [7, 11) is 0. The number of nitrogens with zero attached hydrogens (tertiary/aromatic N) is 1. The highest BCUT2D eigenvalue weighted by atomic mass is 32.1. The smallest absolute Gasteiger partial charge is 0.226 e. The van der Waals surface area contributed by atoms with Gasteiger partial charge in [-0.25, -0.2) is 4.98 Å². The van der Waals surface area contributed by atoms with Crippen molar-refractivity contribution in [1.29, 1.82) is 0 Å². The highest BCUT2D eigenvalue weighted by Gasteiger charge is 2.58. The maximum Gasteiger partial charge on any atom is 0.226 e. The molecule has 1 aromatic heterocycles. The molecule has 5 atom stereocenters. The molecule has 1 heterocycles. The number of rotatable bonds is 4. The lowest BCUT2D eigenvalue weighted by molar-refractivity contribution is -0.133. The van der Waals surface area contributed by atoms with Crippen molar-refractivity contribution in [3.8, 4) is 5.75 Å². The number of aromatic nitrogens is 1. The van der Waals surface area contributed by atoms with E-state index in [1.165, 1.54) is 22.5 Å². The molecule has 0 aliphatic heterocycles. The molecule has 0 bridgehead atoms. The summed E-state index contributed by atoms with van der Waals surface area (Å²) in [6.07, 6.45) is 7.50. The van der Waals surface area contributed by atoms with Gasteiger partial charge >= 0.3 is 0 Å². The highest BCUT2D eigenvalue weighted by Crippen LogP contribution is 2.61. The molecule has 1 amide bonds. The van der Waals surface area contributed by atoms with Crippen LogP contribution in [0.25, 0.3) is 0 Å². The number of ketones is 1. The second-order valence-corrected chi connectivity index (χ2v) is 10.7. The third-order valence-electron chi connectivity index (χ3n) is 8.28. The number of benzene rings is 1. The number of thiazole rings is 1. The van der Waals surface area contributed by atoms with Crippen LogP contribution in [0.3, 0.4) is 0 Å². The third kappa shape index (κ3) is 3.39. The predicted octanol–water partition coefficient (Wildman–Crippen LogP) is 5.09. The molecule has 0 radical (unpaired) electrons. The monoisotopic (exact) mass is 438 g/mol. The minimum atomic E-state index is -0.310. The first-order valence-electron chi connectivity index (χ1n) is 11.5. The maximum absolute atomic E-state index is 13.4. The molecular weight excluding hydrogens is 408 g/mol. The van der Waals surface area contributed by atoms with Crippen molar-refractivity contribution in [2.75, 3.05) is 5.32 Å². The van der Waals surface area contributed by atoms with E-state index in [0.717, 1.165) is 44.1 Å². The van der Waals surface area contributed by atoms with Crippen molar-refractivity contribution in [1.82, 2.24) is 4.98 Å². The summed E-state index contributed by atoms with van der Waals surface area (Å²) in [5.74, 6) is 1.69. The Morgan fingerprint density at radius 2 is 2.19 bits per heavy atom. The number of phenolic OH excluding ortho intramolecular Hbond substituents is 1. The van der Waals surface area contributed by atoms with E-state index in [1.54, 1.807) is 6.20 Å². The first-order chi connectivity index (χ1) is 14.9. The normalized spacial score (nSPS) is 31.6. The Bertz CT molecular complexity index is 1020. The van der Waals surface area contributed by atoms with Crippen molar-refractivity contribution in [3.05, 3.63) is 40.4 Å². The van der Waals surface area contributed by atoms with Gasteiger partial charge in [-0.05, 0) is 79.0 Å². The minimum absolute atomic E-state index is 0.107. The summed E-state index contributed by atoms with van der Waals surface area (Å²) in [6.45, 7) is 4.23. The van der Waals surface area contributed by atoms with Crippen molar-refractivity contribution in [2.24, 2.45) is 23.2 Å². The second kappa shape index (κ2) is 7.73. The molecule has 2 fully saturated rings. The van der Waals surface area contributed by atoms with Gasteiger partial charge in [-0.2, -0.15) is 0 Å². The number of fused-ring (bicyclic) bond motifs is 5. The molecule has 2 N–H and O–H groups in total. The topological polar surface area (TPSA) is 79.3 Å². The Morgan fingerprint density at radius 3 is 2.94 bits per heavy atom. The first-order valence-corrected chi connectivity index (χ1v) is 12.4. The molecule has 5 nitrogen and oxygen atoms in total. The van der Waals surface area contributed by atoms with E-state index in [1.807, 2.05) is 11.4 Å². The number of hydrogen-bond acceptors (Lipinski definition) is 5. The number of phenols is 1. The summed E-state index contributed by atoms with van der Waals surface area (Å²) in [5, 5.41) is 15.6. The van der Waals surface area contributed by atoms with Crippen molar-refractivity contribution in [2.45, 2.75) is 64.7 Å². The summed E-state index contributed by atoms with van der Waals surface area (Å²) in [4.78, 5) is 30.1. The summed E-state index contributed by atoms with van der Waals surface area (Å²) in [6, 6.07) is 4.20. The van der Waals surface area contributed by atoms with Gasteiger partial charge in [-0.1, -0.05) is 19.9 Å². The summed E-state index contributed by atoms with van der Waals surface area (Å²) < 4.78 is 0. The molecular formula is C25H30N2O3S. The van der Waals surface area contributed by atoms with E-state index in [4.69, 9.17) is 0 Å². The largest absolute Gasteiger partial charge is 0.508 e. The van der Waals surface area contributed by atoms with Gasteiger partial charge in [0.15, 0.2) is 5.13 Å². The van der Waals surface area contributed by atoms with Gasteiger partial charge in [0, 0.05) is 29.3 Å². The fraction of sp³-hybridized carbons (Fsp3) is 0.560. The van der Waals surface area contributed by atoms with E-state index < -0.39 is 0 Å². The van der Waals surface area contributed by atoms with Crippen LogP contribution < -0.4 is 5.32 Å². The van der Waals surface area contributed by atoms with E-state index >= 15 is 0 Å². The highest BCUT2D eigenvalue weighted by molar-refractivity contribution is 7.13. The van der Waals surface area contributed by atoms with Crippen molar-refractivity contribution < 1.29 is 14.7 Å². The molecule has 0 unspecified atom stereocenters. The fourth-order valence-electron chi connectivity index (χ4n) is 6.73. The molecule has 164 valence electrons. The molecule has 31 heavy (non-hydrogen) atoms. The van der Waals surface area contributed by atoms with Crippen LogP contribution in [0.4, 0.5) is 5.13 Å². The standard InChI is InChI=1S/C25H30N2O3S/c1-3-14-10-19-15(12-21(14)28)4-5-18-17(19)6-7-25(2)20(18)11-16(23(25)30)13-22(29)27-24-26-8-9-31-24/h8-10,12,16-18,20,28H,3-7,11,13H2,1-2H3,(H,26,27,29)/t16-,17+,18-,20+,25+/m1/s1. The number of carbonyl (C=O) groups is 2. The Balaban J connectivity index is 1.37. The minimum Gasteiger partial charge on any atom is -0.508 e. The van der Waals surface area contributed by atoms with Crippen LogP contribution in [0.2, 0.25) is 0 Å². The SMILES string of the molecule is CCc1cc2c(cc1O)CC[C@@H]1[C@@H]2CC[C@]2(C)C(=O)[C@@H](CC(=O)Nc3nccs3)C[C@@H]12. The zero-order valence-electron chi connectivity index (χ0n) is 18.2. The molecule has 0 spiro atoms. The number of amides is 1. The lowest BCUT2D eigenvalue weighted by Gasteiger charge is -2.48. The number of Topliss-reactive ketones (excluding diaryl/α,β-unsaturated/α-hetero) is 1. The van der Waals surface area contributed by atoms with Crippen LogP contribution in [-0.4, -0.2) is 21.8 Å². The average molecular weight is 439 g/mol. The van der Waals surface area contributed by atoms with Gasteiger partial charge in [0.1, 0.15) is 11.5 Å². The Kier molecular flexibility index (Phi) is 5.16. The maximum atomic E-state index is 13.4. The van der Waals surface area contributed by atoms with Gasteiger partial charge in [0.05, 0.1) is 0 Å². The lowest BCUT2D eigenvalue weighted by atomic mass is 9.55. The van der Waals surface area contributed by atoms with Gasteiger partial charge in [0.2, 0.25) is 5.91 Å². The zero-order valence-corrected chi connectivity index (χ0v) is 19.0. The Morgan fingerprint density at radius 1 is 1.35 bits per heavy atom. The van der Waals surface area contributed by atoms with Gasteiger partial charge in [-0.3, -0.25) is 9.59 Å². The van der Waals surface area contributed by atoms with Gasteiger partial charge in [-0.15, -0.1) is 11.3 Å². The van der Waals surface area contributed by atoms with Crippen LogP contribution in [-0.2, 0) is 22.4 Å². The molecule has 3 aliphatic rings.